The van der Waals surface area contributed by atoms with Gasteiger partial charge in [0, 0.05) is 37.0 Å². The van der Waals surface area contributed by atoms with E-state index in [0.717, 1.165) is 48.8 Å². The molecule has 4 rings (SSSR count). The first kappa shape index (κ1) is 15.8. The number of nitrogens with one attached hydrogen (secondary N) is 1. The number of hydrogen-bond acceptors (Lipinski definition) is 6. The molecule has 0 amide bonds. The molecule has 6 heteroatoms. The minimum absolute atomic E-state index is 0.404. The van der Waals surface area contributed by atoms with Crippen molar-refractivity contribution in [3.8, 4) is 11.3 Å². The molecule has 0 saturated carbocycles. The first-order valence-corrected chi connectivity index (χ1v) is 8.65. The van der Waals surface area contributed by atoms with E-state index in [2.05, 4.69) is 25.6 Å². The number of piperidine rings is 1. The summed E-state index contributed by atoms with van der Waals surface area (Å²) in [6.45, 7) is 2.63. The second-order valence-electron chi connectivity index (χ2n) is 6.29. The summed E-state index contributed by atoms with van der Waals surface area (Å²) in [6, 6.07) is 16.4. The van der Waals surface area contributed by atoms with Crippen molar-refractivity contribution >= 4 is 5.82 Å². The number of rotatable bonds is 5. The smallest absolute Gasteiger partial charge is 0.151 e. The van der Waals surface area contributed by atoms with Gasteiger partial charge in [0.25, 0.3) is 0 Å². The summed E-state index contributed by atoms with van der Waals surface area (Å²) in [6.07, 6.45) is 3.99. The molecule has 0 radical (unpaired) electrons. The van der Waals surface area contributed by atoms with Crippen LogP contribution in [0.5, 0.6) is 0 Å². The van der Waals surface area contributed by atoms with Crippen molar-refractivity contribution in [2.45, 2.75) is 25.4 Å². The molecule has 1 aromatic carbocycles. The predicted octanol–water partition coefficient (Wildman–Crippen LogP) is 2.89. The van der Waals surface area contributed by atoms with E-state index in [1.807, 2.05) is 48.5 Å². The Kier molecular flexibility index (Phi) is 4.70. The Hall–Kier alpha value is -2.73. The first-order chi connectivity index (χ1) is 12.4. The lowest BCUT2D eigenvalue weighted by molar-refractivity contribution is 0.350. The summed E-state index contributed by atoms with van der Waals surface area (Å²) in [5, 5.41) is 15.9. The Bertz CT molecular complexity index is 790. The monoisotopic (exact) mass is 335 g/mol. The molecule has 1 aliphatic heterocycles. The van der Waals surface area contributed by atoms with Gasteiger partial charge in [-0.25, -0.2) is 0 Å². The van der Waals surface area contributed by atoms with E-state index < -0.39 is 0 Å². The average Bonchev–Trinajstić information content (AvgIpc) is 3.17. The lowest BCUT2D eigenvalue weighted by Gasteiger charge is -2.33. The molecule has 2 aromatic heterocycles. The molecule has 6 nitrogen and oxygen atoms in total. The average molecular weight is 335 g/mol. The van der Waals surface area contributed by atoms with Crippen LogP contribution in [0.4, 0.5) is 5.82 Å². The van der Waals surface area contributed by atoms with Gasteiger partial charge >= 0.3 is 0 Å². The molecule has 0 bridgehead atoms. The molecule has 0 spiro atoms. The van der Waals surface area contributed by atoms with Crippen LogP contribution >= 0.6 is 0 Å². The molecule has 3 aromatic rings. The van der Waals surface area contributed by atoms with Crippen LogP contribution < -0.4 is 10.2 Å². The van der Waals surface area contributed by atoms with Gasteiger partial charge < -0.3 is 14.7 Å². The van der Waals surface area contributed by atoms with Gasteiger partial charge in [-0.2, -0.15) is 5.10 Å². The Morgan fingerprint density at radius 3 is 2.92 bits per heavy atom. The van der Waals surface area contributed by atoms with E-state index in [-0.39, 0.29) is 0 Å². The number of anilines is 1. The molecule has 1 atom stereocenters. The fraction of sp³-hybridized carbons (Fsp3) is 0.316. The van der Waals surface area contributed by atoms with Crippen LogP contribution in [0.25, 0.3) is 11.3 Å². The van der Waals surface area contributed by atoms with E-state index >= 15 is 0 Å². The summed E-state index contributed by atoms with van der Waals surface area (Å²) < 4.78 is 5.47. The summed E-state index contributed by atoms with van der Waals surface area (Å²) in [7, 11) is 0. The number of hydrogen-bond donors (Lipinski definition) is 1. The molecule has 0 aliphatic carbocycles. The fourth-order valence-electron chi connectivity index (χ4n) is 3.20. The highest BCUT2D eigenvalue weighted by atomic mass is 16.5. The van der Waals surface area contributed by atoms with E-state index in [9.17, 15) is 0 Å². The van der Waals surface area contributed by atoms with Crippen molar-refractivity contribution in [3.05, 3.63) is 60.5 Å². The summed E-state index contributed by atoms with van der Waals surface area (Å²) >= 11 is 0. The maximum absolute atomic E-state index is 5.47. The van der Waals surface area contributed by atoms with Crippen molar-refractivity contribution in [1.82, 2.24) is 20.7 Å². The normalized spacial score (nSPS) is 17.6. The van der Waals surface area contributed by atoms with Gasteiger partial charge in [-0.1, -0.05) is 35.5 Å². The highest BCUT2D eigenvalue weighted by Crippen LogP contribution is 2.20. The number of aromatic nitrogens is 3. The van der Waals surface area contributed by atoms with Crippen LogP contribution in [-0.4, -0.2) is 34.5 Å². The second-order valence-corrected chi connectivity index (χ2v) is 6.29. The third-order valence-electron chi connectivity index (χ3n) is 4.50. The van der Waals surface area contributed by atoms with Crippen molar-refractivity contribution < 1.29 is 4.52 Å². The van der Waals surface area contributed by atoms with Crippen molar-refractivity contribution in [3.63, 3.8) is 0 Å². The van der Waals surface area contributed by atoms with Crippen LogP contribution in [0.15, 0.2) is 59.3 Å². The van der Waals surface area contributed by atoms with E-state index in [4.69, 9.17) is 4.52 Å². The lowest BCUT2D eigenvalue weighted by Crippen LogP contribution is -2.45. The van der Waals surface area contributed by atoms with Gasteiger partial charge in [-0.05, 0) is 25.0 Å². The van der Waals surface area contributed by atoms with Gasteiger partial charge in [0.2, 0.25) is 0 Å². The molecule has 1 saturated heterocycles. The molecule has 3 heterocycles. The first-order valence-electron chi connectivity index (χ1n) is 8.65. The van der Waals surface area contributed by atoms with E-state index in [1.165, 1.54) is 0 Å². The third-order valence-corrected chi connectivity index (χ3v) is 4.50. The zero-order chi connectivity index (χ0) is 16.9. The second kappa shape index (κ2) is 7.44. The Morgan fingerprint density at radius 2 is 2.08 bits per heavy atom. The summed E-state index contributed by atoms with van der Waals surface area (Å²) in [4.78, 5) is 2.28. The zero-order valence-electron chi connectivity index (χ0n) is 14.0. The van der Waals surface area contributed by atoms with Gasteiger partial charge in [0.05, 0.1) is 6.54 Å². The Balaban J connectivity index is 1.35. The SMILES string of the molecule is c1ccc(-c2cc(CNC3CCCN(c4cccnn4)C3)on2)cc1. The maximum atomic E-state index is 5.47. The highest BCUT2D eigenvalue weighted by molar-refractivity contribution is 5.58. The van der Waals surface area contributed by atoms with E-state index in [0.29, 0.717) is 12.6 Å². The number of nitrogens with zero attached hydrogens (tertiary/aromatic N) is 4. The molecule has 1 unspecified atom stereocenters. The van der Waals surface area contributed by atoms with Crippen LogP contribution in [0, 0.1) is 0 Å². The van der Waals surface area contributed by atoms with Crippen LogP contribution in [0.2, 0.25) is 0 Å². The third kappa shape index (κ3) is 3.85. The highest BCUT2D eigenvalue weighted by Gasteiger charge is 2.21. The molecule has 1 fully saturated rings. The van der Waals surface area contributed by atoms with Gasteiger partial charge in [-0.3, -0.25) is 0 Å². The number of benzene rings is 1. The van der Waals surface area contributed by atoms with Crippen LogP contribution in [0.1, 0.15) is 18.6 Å². The van der Waals surface area contributed by atoms with Crippen LogP contribution in [0.3, 0.4) is 0 Å². The Morgan fingerprint density at radius 1 is 1.16 bits per heavy atom. The van der Waals surface area contributed by atoms with Gasteiger partial charge in [0.15, 0.2) is 11.6 Å². The molecule has 25 heavy (non-hydrogen) atoms. The summed E-state index contributed by atoms with van der Waals surface area (Å²) in [5.41, 5.74) is 1.95. The molecular weight excluding hydrogens is 314 g/mol. The molecular formula is C19H21N5O. The van der Waals surface area contributed by atoms with Gasteiger partial charge in [-0.15, -0.1) is 5.10 Å². The topological polar surface area (TPSA) is 67.1 Å². The standard InChI is InChI=1S/C19H21N5O/c1-2-6-15(7-3-1)18-12-17(25-23-18)13-20-16-8-5-11-24(14-16)19-9-4-10-21-22-19/h1-4,6-7,9-10,12,16,20H,5,8,11,13-14H2. The van der Waals surface area contributed by atoms with Gasteiger partial charge in [0.1, 0.15) is 5.69 Å². The zero-order valence-corrected chi connectivity index (χ0v) is 14.0. The van der Waals surface area contributed by atoms with Crippen molar-refractivity contribution in [1.29, 1.82) is 0 Å². The lowest BCUT2D eigenvalue weighted by atomic mass is 10.1. The molecule has 128 valence electrons. The van der Waals surface area contributed by atoms with Crippen LogP contribution in [-0.2, 0) is 6.54 Å². The molecule has 1 aliphatic rings. The molecule has 1 N–H and O–H groups in total. The minimum Gasteiger partial charge on any atom is -0.359 e. The largest absolute Gasteiger partial charge is 0.359 e. The Labute approximate surface area is 146 Å². The van der Waals surface area contributed by atoms with Crippen molar-refractivity contribution in [2.75, 3.05) is 18.0 Å². The van der Waals surface area contributed by atoms with E-state index in [1.54, 1.807) is 6.20 Å². The maximum Gasteiger partial charge on any atom is 0.151 e. The minimum atomic E-state index is 0.404. The summed E-state index contributed by atoms with van der Waals surface area (Å²) in [5.74, 6) is 1.80. The van der Waals surface area contributed by atoms with Crippen molar-refractivity contribution in [2.24, 2.45) is 0 Å². The predicted molar refractivity (Wildman–Crippen MR) is 96.0 cm³/mol. The quantitative estimate of drug-likeness (QED) is 0.773. The fourth-order valence-corrected chi connectivity index (χ4v) is 3.20.